The number of hydrazone groups is 1. The molecule has 0 aliphatic heterocycles. The largest absolute Gasteiger partial charge is 0.504 e. The quantitative estimate of drug-likeness (QED) is 0.566. The molecule has 118 valence electrons. The minimum atomic E-state index is 0.0518. The SMILES string of the molecule is COc1cccc(/C=N\Nc2ncnc3sc(C)c(C)c23)c1O. The molecule has 7 heteroatoms. The van der Waals surface area contributed by atoms with E-state index in [4.69, 9.17) is 4.74 Å². The third-order valence-corrected chi connectivity index (χ3v) is 4.70. The van der Waals surface area contributed by atoms with E-state index in [0.717, 1.165) is 15.8 Å². The van der Waals surface area contributed by atoms with Crippen LogP contribution in [-0.2, 0) is 0 Å². The Kier molecular flexibility index (Phi) is 4.12. The topological polar surface area (TPSA) is 79.6 Å². The van der Waals surface area contributed by atoms with E-state index in [9.17, 15) is 5.11 Å². The van der Waals surface area contributed by atoms with Crippen LogP contribution in [0.25, 0.3) is 10.2 Å². The summed E-state index contributed by atoms with van der Waals surface area (Å²) in [5.74, 6) is 1.11. The summed E-state index contributed by atoms with van der Waals surface area (Å²) in [5.41, 5.74) is 4.63. The number of thiophene rings is 1. The molecule has 0 amide bonds. The lowest BCUT2D eigenvalue weighted by Crippen LogP contribution is -1.96. The standard InChI is InChI=1S/C16H16N4O2S/c1-9-10(2)23-16-13(9)15(17-8-18-16)20-19-7-11-5-4-6-12(22-3)14(11)21/h4-8,21H,1-3H3,(H,17,18,20)/b19-7-. The second kappa shape index (κ2) is 6.21. The zero-order valence-corrected chi connectivity index (χ0v) is 13.8. The number of aromatic nitrogens is 2. The van der Waals surface area contributed by atoms with Crippen LogP contribution in [0.15, 0.2) is 29.6 Å². The van der Waals surface area contributed by atoms with Crippen LogP contribution in [0.5, 0.6) is 11.5 Å². The van der Waals surface area contributed by atoms with Crippen molar-refractivity contribution < 1.29 is 9.84 Å². The summed E-state index contributed by atoms with van der Waals surface area (Å²) < 4.78 is 5.08. The molecule has 0 aliphatic carbocycles. The lowest BCUT2D eigenvalue weighted by molar-refractivity contribution is 0.373. The number of rotatable bonds is 4. The molecule has 0 saturated heterocycles. The Balaban J connectivity index is 1.89. The Morgan fingerprint density at radius 2 is 2.13 bits per heavy atom. The average Bonchev–Trinajstić information content (AvgIpc) is 2.84. The van der Waals surface area contributed by atoms with E-state index in [-0.39, 0.29) is 5.75 Å². The molecule has 1 aromatic carbocycles. The highest BCUT2D eigenvalue weighted by Crippen LogP contribution is 2.32. The van der Waals surface area contributed by atoms with Crippen molar-refractivity contribution in [2.45, 2.75) is 13.8 Å². The van der Waals surface area contributed by atoms with Gasteiger partial charge in [0.25, 0.3) is 0 Å². The van der Waals surface area contributed by atoms with Crippen LogP contribution < -0.4 is 10.2 Å². The predicted molar refractivity (Wildman–Crippen MR) is 92.8 cm³/mol. The van der Waals surface area contributed by atoms with E-state index in [0.29, 0.717) is 17.1 Å². The molecule has 0 spiro atoms. The van der Waals surface area contributed by atoms with Gasteiger partial charge < -0.3 is 9.84 Å². The van der Waals surface area contributed by atoms with Crippen LogP contribution in [0.3, 0.4) is 0 Å². The summed E-state index contributed by atoms with van der Waals surface area (Å²) in [6.45, 7) is 4.10. The van der Waals surface area contributed by atoms with Gasteiger partial charge >= 0.3 is 0 Å². The molecule has 0 radical (unpaired) electrons. The molecule has 0 saturated carbocycles. The summed E-state index contributed by atoms with van der Waals surface area (Å²) in [5, 5.41) is 15.2. The number of phenolic OH excluding ortho intramolecular Hbond substituents is 1. The number of aromatic hydroxyl groups is 1. The van der Waals surface area contributed by atoms with Gasteiger partial charge in [-0.25, -0.2) is 9.97 Å². The van der Waals surface area contributed by atoms with Gasteiger partial charge in [-0.15, -0.1) is 11.3 Å². The molecule has 2 N–H and O–H groups in total. The maximum absolute atomic E-state index is 10.0. The smallest absolute Gasteiger partial charge is 0.166 e. The second-order valence-corrected chi connectivity index (χ2v) is 6.16. The first-order chi connectivity index (χ1) is 11.1. The number of anilines is 1. The van der Waals surface area contributed by atoms with Crippen molar-refractivity contribution in [1.29, 1.82) is 0 Å². The van der Waals surface area contributed by atoms with Gasteiger partial charge in [-0.1, -0.05) is 6.07 Å². The fourth-order valence-electron chi connectivity index (χ4n) is 2.24. The molecule has 0 atom stereocenters. The monoisotopic (exact) mass is 328 g/mol. The summed E-state index contributed by atoms with van der Waals surface area (Å²) in [6, 6.07) is 5.22. The summed E-state index contributed by atoms with van der Waals surface area (Å²) in [6.07, 6.45) is 3.04. The number of aryl methyl sites for hydroxylation is 2. The first kappa shape index (κ1) is 15.2. The lowest BCUT2D eigenvalue weighted by atomic mass is 10.2. The number of nitrogens with one attached hydrogen (secondary N) is 1. The minimum Gasteiger partial charge on any atom is -0.504 e. The minimum absolute atomic E-state index is 0.0518. The van der Waals surface area contributed by atoms with Crippen LogP contribution in [0.4, 0.5) is 5.82 Å². The third kappa shape index (κ3) is 2.83. The maximum Gasteiger partial charge on any atom is 0.166 e. The molecule has 0 fully saturated rings. The van der Waals surface area contributed by atoms with E-state index < -0.39 is 0 Å². The molecule has 23 heavy (non-hydrogen) atoms. The molecule has 2 heterocycles. The van der Waals surface area contributed by atoms with Crippen molar-refractivity contribution in [3.63, 3.8) is 0 Å². The van der Waals surface area contributed by atoms with E-state index >= 15 is 0 Å². The van der Waals surface area contributed by atoms with Gasteiger partial charge in [0.05, 0.1) is 18.7 Å². The van der Waals surface area contributed by atoms with Crippen molar-refractivity contribution in [3.8, 4) is 11.5 Å². The number of methoxy groups -OCH3 is 1. The molecule has 3 rings (SSSR count). The average molecular weight is 328 g/mol. The normalized spacial score (nSPS) is 11.3. The number of ether oxygens (including phenoxy) is 1. The molecule has 0 unspecified atom stereocenters. The highest BCUT2D eigenvalue weighted by Gasteiger charge is 2.11. The van der Waals surface area contributed by atoms with E-state index in [1.807, 2.05) is 6.92 Å². The van der Waals surface area contributed by atoms with Gasteiger partial charge in [-0.05, 0) is 31.5 Å². The van der Waals surface area contributed by atoms with Crippen molar-refractivity contribution in [1.82, 2.24) is 9.97 Å². The summed E-state index contributed by atoms with van der Waals surface area (Å²) in [7, 11) is 1.51. The fourth-order valence-corrected chi connectivity index (χ4v) is 3.24. The number of benzene rings is 1. The number of para-hydroxylation sites is 1. The molecular formula is C16H16N4O2S. The molecule has 6 nitrogen and oxygen atoms in total. The van der Waals surface area contributed by atoms with Crippen molar-refractivity contribution in [3.05, 3.63) is 40.5 Å². The molecule has 0 aliphatic rings. The van der Waals surface area contributed by atoms with Gasteiger partial charge in [-0.2, -0.15) is 5.10 Å². The zero-order valence-electron chi connectivity index (χ0n) is 13.0. The zero-order chi connectivity index (χ0) is 16.4. The first-order valence-electron chi connectivity index (χ1n) is 6.97. The van der Waals surface area contributed by atoms with Gasteiger partial charge in [0.1, 0.15) is 11.2 Å². The Morgan fingerprint density at radius 3 is 2.91 bits per heavy atom. The number of hydrogen-bond donors (Lipinski definition) is 2. The van der Waals surface area contributed by atoms with Gasteiger partial charge in [0.2, 0.25) is 0 Å². The first-order valence-corrected chi connectivity index (χ1v) is 7.79. The van der Waals surface area contributed by atoms with E-state index in [1.165, 1.54) is 24.5 Å². The highest BCUT2D eigenvalue weighted by atomic mass is 32.1. The second-order valence-electron chi connectivity index (χ2n) is 4.95. The van der Waals surface area contributed by atoms with Crippen molar-refractivity contribution in [2.75, 3.05) is 12.5 Å². The molecule has 0 bridgehead atoms. The molecule has 2 aromatic heterocycles. The lowest BCUT2D eigenvalue weighted by Gasteiger charge is -2.05. The van der Waals surface area contributed by atoms with Crippen LogP contribution in [0.1, 0.15) is 16.0 Å². The van der Waals surface area contributed by atoms with Gasteiger partial charge in [-0.3, -0.25) is 5.43 Å². The summed E-state index contributed by atoms with van der Waals surface area (Å²) >= 11 is 1.63. The van der Waals surface area contributed by atoms with Crippen LogP contribution in [0.2, 0.25) is 0 Å². The van der Waals surface area contributed by atoms with Crippen molar-refractivity contribution >= 4 is 33.6 Å². The van der Waals surface area contributed by atoms with Crippen LogP contribution >= 0.6 is 11.3 Å². The number of fused-ring (bicyclic) bond motifs is 1. The van der Waals surface area contributed by atoms with Crippen LogP contribution in [-0.4, -0.2) is 28.4 Å². The van der Waals surface area contributed by atoms with Crippen molar-refractivity contribution in [2.24, 2.45) is 5.10 Å². The number of hydrogen-bond acceptors (Lipinski definition) is 7. The Hall–Kier alpha value is -2.67. The van der Waals surface area contributed by atoms with Gasteiger partial charge in [0, 0.05) is 10.4 Å². The Bertz CT molecular complexity index is 889. The van der Waals surface area contributed by atoms with E-state index in [1.54, 1.807) is 29.5 Å². The molecular weight excluding hydrogens is 312 g/mol. The summed E-state index contributed by atoms with van der Waals surface area (Å²) in [4.78, 5) is 10.7. The maximum atomic E-state index is 10.0. The number of nitrogens with zero attached hydrogens (tertiary/aromatic N) is 3. The Labute approximate surface area is 137 Å². The van der Waals surface area contributed by atoms with Crippen LogP contribution in [0, 0.1) is 13.8 Å². The Morgan fingerprint density at radius 1 is 1.30 bits per heavy atom. The predicted octanol–water partition coefficient (Wildman–Crippen LogP) is 3.47. The van der Waals surface area contributed by atoms with Gasteiger partial charge in [0.15, 0.2) is 17.3 Å². The number of phenols is 1. The third-order valence-electron chi connectivity index (χ3n) is 3.59. The molecule has 3 aromatic rings. The fraction of sp³-hybridized carbons (Fsp3) is 0.188. The van der Waals surface area contributed by atoms with E-state index in [2.05, 4.69) is 27.4 Å². The highest BCUT2D eigenvalue weighted by molar-refractivity contribution is 7.18.